The first kappa shape index (κ1) is 24.3. The second-order valence-corrected chi connectivity index (χ2v) is 10.1. The molecule has 0 bridgehead atoms. The van der Waals surface area contributed by atoms with E-state index in [4.69, 9.17) is 4.74 Å². The van der Waals surface area contributed by atoms with Crippen molar-refractivity contribution in [2.24, 2.45) is 0 Å². The molecule has 0 heterocycles. The quantitative estimate of drug-likeness (QED) is 0.519. The highest BCUT2D eigenvalue weighted by Gasteiger charge is 2.21. The minimum Gasteiger partial charge on any atom is -0.497 e. The number of carbonyl (C=O) groups excluding carboxylic acids is 1. The first-order valence-corrected chi connectivity index (χ1v) is 12.5. The Morgan fingerprint density at radius 3 is 2.06 bits per heavy atom. The monoisotopic (exact) mass is 466 g/mol. The molecule has 1 amide bonds. The zero-order valence-corrected chi connectivity index (χ0v) is 20.4. The van der Waals surface area contributed by atoms with E-state index in [9.17, 15) is 13.2 Å². The van der Waals surface area contributed by atoms with Crippen molar-refractivity contribution < 1.29 is 17.9 Å². The van der Waals surface area contributed by atoms with E-state index in [0.29, 0.717) is 11.3 Å². The topological polar surface area (TPSA) is 75.7 Å². The van der Waals surface area contributed by atoms with E-state index in [1.54, 1.807) is 31.4 Å². The third-order valence-electron chi connectivity index (χ3n) is 5.59. The number of ether oxygens (including phenoxy) is 1. The van der Waals surface area contributed by atoms with Crippen LogP contribution in [0.2, 0.25) is 0 Å². The Hall–Kier alpha value is -3.32. The lowest BCUT2D eigenvalue weighted by atomic mass is 10.1. The standard InChI is InChI=1S/C26H30N2O4S/c1-18-7-6-8-19(2)25(18)28(33(5,30)31)17-21-9-11-23(12-10-21)26(29)27-20(3)22-13-15-24(32-4)16-14-22/h6-16,20H,17H2,1-5H3,(H,27,29). The molecule has 1 N–H and O–H groups in total. The van der Waals surface area contributed by atoms with Crippen molar-refractivity contribution in [3.63, 3.8) is 0 Å². The number of benzene rings is 3. The molecule has 0 saturated heterocycles. The van der Waals surface area contributed by atoms with Gasteiger partial charge in [0.2, 0.25) is 10.0 Å². The first-order chi connectivity index (χ1) is 15.6. The van der Waals surface area contributed by atoms with Crippen molar-refractivity contribution in [3.8, 4) is 5.75 Å². The zero-order valence-electron chi connectivity index (χ0n) is 19.6. The number of para-hydroxylation sites is 1. The van der Waals surface area contributed by atoms with Crippen LogP contribution in [0.4, 0.5) is 5.69 Å². The molecule has 0 fully saturated rings. The van der Waals surface area contributed by atoms with Crippen LogP contribution in [-0.4, -0.2) is 27.7 Å². The molecule has 0 aromatic heterocycles. The molecule has 33 heavy (non-hydrogen) atoms. The lowest BCUT2D eigenvalue weighted by Crippen LogP contribution is -2.30. The molecule has 0 aliphatic rings. The van der Waals surface area contributed by atoms with Crippen LogP contribution in [0.3, 0.4) is 0 Å². The summed E-state index contributed by atoms with van der Waals surface area (Å²) in [6.45, 7) is 5.91. The molecular weight excluding hydrogens is 436 g/mol. The lowest BCUT2D eigenvalue weighted by Gasteiger charge is -2.26. The van der Waals surface area contributed by atoms with Gasteiger partial charge in [0.1, 0.15) is 5.75 Å². The summed E-state index contributed by atoms with van der Waals surface area (Å²) in [6.07, 6.45) is 1.21. The maximum atomic E-state index is 12.7. The Kier molecular flexibility index (Phi) is 7.43. The van der Waals surface area contributed by atoms with E-state index in [2.05, 4.69) is 5.32 Å². The summed E-state index contributed by atoms with van der Waals surface area (Å²) in [5.74, 6) is 0.566. The fourth-order valence-electron chi connectivity index (χ4n) is 3.74. The maximum Gasteiger partial charge on any atom is 0.251 e. The highest BCUT2D eigenvalue weighted by Crippen LogP contribution is 2.28. The summed E-state index contributed by atoms with van der Waals surface area (Å²) < 4.78 is 31.7. The van der Waals surface area contributed by atoms with Gasteiger partial charge < -0.3 is 10.1 Å². The number of amides is 1. The van der Waals surface area contributed by atoms with E-state index >= 15 is 0 Å². The SMILES string of the molecule is COc1ccc(C(C)NC(=O)c2ccc(CN(c3c(C)cccc3C)S(C)(=O)=O)cc2)cc1. The number of carbonyl (C=O) groups is 1. The van der Waals surface area contributed by atoms with Gasteiger partial charge in [-0.15, -0.1) is 0 Å². The molecule has 174 valence electrons. The minimum atomic E-state index is -3.49. The van der Waals surface area contributed by atoms with E-state index in [1.807, 2.05) is 63.2 Å². The number of nitrogens with zero attached hydrogens (tertiary/aromatic N) is 1. The van der Waals surface area contributed by atoms with Gasteiger partial charge in [-0.05, 0) is 67.3 Å². The summed E-state index contributed by atoms with van der Waals surface area (Å²) in [4.78, 5) is 12.7. The number of hydrogen-bond donors (Lipinski definition) is 1. The van der Waals surface area contributed by atoms with E-state index in [-0.39, 0.29) is 18.5 Å². The van der Waals surface area contributed by atoms with Crippen LogP contribution < -0.4 is 14.4 Å². The van der Waals surface area contributed by atoms with Gasteiger partial charge in [0.05, 0.1) is 31.6 Å². The summed E-state index contributed by atoms with van der Waals surface area (Å²) in [7, 11) is -1.88. The summed E-state index contributed by atoms with van der Waals surface area (Å²) in [5.41, 5.74) is 4.75. The molecule has 3 aromatic rings. The molecule has 3 aromatic carbocycles. The molecule has 1 atom stereocenters. The Balaban J connectivity index is 1.75. The summed E-state index contributed by atoms with van der Waals surface area (Å²) in [5, 5.41) is 2.99. The van der Waals surface area contributed by atoms with Crippen LogP contribution in [0.5, 0.6) is 5.75 Å². The third-order valence-corrected chi connectivity index (χ3v) is 6.71. The second-order valence-electron chi connectivity index (χ2n) is 8.18. The van der Waals surface area contributed by atoms with Crippen molar-refractivity contribution in [2.75, 3.05) is 17.7 Å². The third kappa shape index (κ3) is 5.93. The van der Waals surface area contributed by atoms with Crippen molar-refractivity contribution in [3.05, 3.63) is 94.5 Å². The van der Waals surface area contributed by atoms with Gasteiger partial charge in [-0.2, -0.15) is 0 Å². The molecular formula is C26H30N2O4S. The largest absolute Gasteiger partial charge is 0.497 e. The van der Waals surface area contributed by atoms with Crippen molar-refractivity contribution in [1.29, 1.82) is 0 Å². The van der Waals surface area contributed by atoms with E-state index in [1.165, 1.54) is 10.6 Å². The molecule has 0 aliphatic carbocycles. The maximum absolute atomic E-state index is 12.7. The van der Waals surface area contributed by atoms with Gasteiger partial charge in [-0.25, -0.2) is 8.42 Å². The Labute approximate surface area is 196 Å². The number of aryl methyl sites for hydroxylation is 2. The molecule has 1 unspecified atom stereocenters. The predicted octanol–water partition coefficient (Wildman–Crippen LogP) is 4.77. The molecule has 3 rings (SSSR count). The first-order valence-electron chi connectivity index (χ1n) is 10.7. The van der Waals surface area contributed by atoms with Crippen LogP contribution in [0.15, 0.2) is 66.7 Å². The fraction of sp³-hybridized carbons (Fsp3) is 0.269. The van der Waals surface area contributed by atoms with Crippen molar-refractivity contribution in [1.82, 2.24) is 5.32 Å². The fourth-order valence-corrected chi connectivity index (χ4v) is 4.75. The molecule has 0 spiro atoms. The van der Waals surface area contributed by atoms with Crippen molar-refractivity contribution in [2.45, 2.75) is 33.4 Å². The van der Waals surface area contributed by atoms with Crippen LogP contribution in [0, 0.1) is 13.8 Å². The van der Waals surface area contributed by atoms with E-state index < -0.39 is 10.0 Å². The molecule has 0 aliphatic heterocycles. The van der Waals surface area contributed by atoms with Crippen LogP contribution in [0.1, 0.15) is 45.6 Å². The van der Waals surface area contributed by atoms with Crippen LogP contribution in [0.25, 0.3) is 0 Å². The summed E-state index contributed by atoms with van der Waals surface area (Å²) >= 11 is 0. The minimum absolute atomic E-state index is 0.173. The molecule has 7 heteroatoms. The second kappa shape index (κ2) is 10.1. The lowest BCUT2D eigenvalue weighted by molar-refractivity contribution is 0.0940. The number of methoxy groups -OCH3 is 1. The predicted molar refractivity (Wildman–Crippen MR) is 132 cm³/mol. The van der Waals surface area contributed by atoms with Gasteiger partial charge in [0, 0.05) is 5.56 Å². The van der Waals surface area contributed by atoms with Gasteiger partial charge in [-0.1, -0.05) is 42.5 Å². The van der Waals surface area contributed by atoms with E-state index in [0.717, 1.165) is 28.0 Å². The molecule has 0 radical (unpaired) electrons. The Morgan fingerprint density at radius 2 is 1.55 bits per heavy atom. The molecule has 0 saturated carbocycles. The van der Waals surface area contributed by atoms with Gasteiger partial charge >= 0.3 is 0 Å². The van der Waals surface area contributed by atoms with Gasteiger partial charge in [0.25, 0.3) is 5.91 Å². The number of anilines is 1. The van der Waals surface area contributed by atoms with Crippen molar-refractivity contribution >= 4 is 21.6 Å². The van der Waals surface area contributed by atoms with Gasteiger partial charge in [0.15, 0.2) is 0 Å². The average molecular weight is 467 g/mol. The molecule has 6 nitrogen and oxygen atoms in total. The summed E-state index contributed by atoms with van der Waals surface area (Å²) in [6, 6.07) is 20.1. The highest BCUT2D eigenvalue weighted by atomic mass is 32.2. The normalized spacial score (nSPS) is 12.2. The highest BCUT2D eigenvalue weighted by molar-refractivity contribution is 7.92. The van der Waals surface area contributed by atoms with Gasteiger partial charge in [-0.3, -0.25) is 9.10 Å². The zero-order chi connectivity index (χ0) is 24.2. The Morgan fingerprint density at radius 1 is 0.970 bits per heavy atom. The Bertz CT molecular complexity index is 1200. The van der Waals surface area contributed by atoms with Crippen LogP contribution in [-0.2, 0) is 16.6 Å². The smallest absolute Gasteiger partial charge is 0.251 e. The number of rotatable bonds is 8. The van der Waals surface area contributed by atoms with Crippen LogP contribution >= 0.6 is 0 Å². The average Bonchev–Trinajstić information content (AvgIpc) is 2.78. The number of nitrogens with one attached hydrogen (secondary N) is 1. The number of sulfonamides is 1. The number of hydrogen-bond acceptors (Lipinski definition) is 4.